The van der Waals surface area contributed by atoms with Crippen LogP contribution in [0.1, 0.15) is 43.4 Å². The first-order valence-electron chi connectivity index (χ1n) is 8.53. The molecule has 0 aliphatic heterocycles. The summed E-state index contributed by atoms with van der Waals surface area (Å²) in [5.74, 6) is 5.28. The summed E-state index contributed by atoms with van der Waals surface area (Å²) < 4.78 is 0. The molecule has 4 saturated carbocycles. The monoisotopic (exact) mass is 289 g/mol. The van der Waals surface area contributed by atoms with Crippen molar-refractivity contribution in [2.24, 2.45) is 29.6 Å². The predicted molar refractivity (Wildman–Crippen MR) is 86.0 cm³/mol. The van der Waals surface area contributed by atoms with E-state index in [-0.39, 0.29) is 0 Å². The van der Waals surface area contributed by atoms with Crippen molar-refractivity contribution in [1.29, 1.82) is 0 Å². The quantitative estimate of drug-likeness (QED) is 0.850. The van der Waals surface area contributed by atoms with Gasteiger partial charge in [-0.05, 0) is 93.0 Å². The Balaban J connectivity index is 1.44. The summed E-state index contributed by atoms with van der Waals surface area (Å²) >= 11 is 1.92. The van der Waals surface area contributed by atoms with Gasteiger partial charge in [0.2, 0.25) is 0 Å². The van der Waals surface area contributed by atoms with Gasteiger partial charge >= 0.3 is 0 Å². The van der Waals surface area contributed by atoms with Crippen LogP contribution in [0.3, 0.4) is 0 Å². The van der Waals surface area contributed by atoms with Crippen molar-refractivity contribution in [3.63, 3.8) is 0 Å². The van der Waals surface area contributed by atoms with Crippen LogP contribution in [0.15, 0.2) is 17.5 Å². The SMILES string of the molecule is CNC(CCc1cccs1)C1C2CC3CC(C2)CC1C3. The van der Waals surface area contributed by atoms with Crippen LogP contribution >= 0.6 is 11.3 Å². The third-order valence-corrected chi connectivity index (χ3v) is 7.35. The van der Waals surface area contributed by atoms with Gasteiger partial charge in [0.05, 0.1) is 0 Å². The minimum absolute atomic E-state index is 0.757. The first kappa shape index (κ1) is 13.3. The van der Waals surface area contributed by atoms with Crippen molar-refractivity contribution >= 4 is 11.3 Å². The minimum atomic E-state index is 0.757. The molecule has 0 spiro atoms. The van der Waals surface area contributed by atoms with E-state index in [1.165, 1.54) is 12.8 Å². The van der Waals surface area contributed by atoms with E-state index in [0.29, 0.717) is 0 Å². The summed E-state index contributed by atoms with van der Waals surface area (Å²) in [6.45, 7) is 0. The fourth-order valence-corrected chi connectivity index (χ4v) is 6.63. The van der Waals surface area contributed by atoms with Crippen molar-refractivity contribution in [3.05, 3.63) is 22.4 Å². The highest BCUT2D eigenvalue weighted by atomic mass is 32.1. The molecule has 2 heteroatoms. The van der Waals surface area contributed by atoms with E-state index in [4.69, 9.17) is 0 Å². The highest BCUT2D eigenvalue weighted by molar-refractivity contribution is 7.09. The molecule has 0 aromatic carbocycles. The molecule has 1 N–H and O–H groups in total. The first-order valence-corrected chi connectivity index (χ1v) is 9.41. The average molecular weight is 289 g/mol. The fraction of sp³-hybridized carbons (Fsp3) is 0.778. The van der Waals surface area contributed by atoms with Gasteiger partial charge in [-0.3, -0.25) is 0 Å². The molecule has 0 amide bonds. The molecule has 4 fully saturated rings. The number of hydrogen-bond acceptors (Lipinski definition) is 2. The van der Waals surface area contributed by atoms with Gasteiger partial charge in [0.15, 0.2) is 0 Å². The van der Waals surface area contributed by atoms with E-state index in [1.807, 2.05) is 11.3 Å². The topological polar surface area (TPSA) is 12.0 Å². The van der Waals surface area contributed by atoms with E-state index < -0.39 is 0 Å². The van der Waals surface area contributed by atoms with Gasteiger partial charge in [-0.25, -0.2) is 0 Å². The Bertz CT molecular complexity index is 410. The molecule has 4 aliphatic carbocycles. The predicted octanol–water partition coefficient (Wildman–Crippen LogP) is 4.34. The summed E-state index contributed by atoms with van der Waals surface area (Å²) in [6, 6.07) is 5.25. The fourth-order valence-electron chi connectivity index (χ4n) is 5.91. The van der Waals surface area contributed by atoms with Crippen LogP contribution in [0.5, 0.6) is 0 Å². The molecule has 1 heterocycles. The number of thiophene rings is 1. The third-order valence-electron chi connectivity index (χ3n) is 6.42. The Labute approximate surface area is 127 Å². The standard InChI is InChI=1S/C18H27NS/c1-19-17(5-4-16-3-2-6-20-16)18-14-8-12-7-13(10-14)11-15(18)9-12/h2-3,6,12-15,17-19H,4-5,7-11H2,1H3. The summed E-state index contributed by atoms with van der Waals surface area (Å²) in [7, 11) is 2.20. The summed E-state index contributed by atoms with van der Waals surface area (Å²) in [5.41, 5.74) is 0. The van der Waals surface area contributed by atoms with Gasteiger partial charge < -0.3 is 5.32 Å². The molecule has 1 unspecified atom stereocenters. The molecule has 4 bridgehead atoms. The number of hydrogen-bond donors (Lipinski definition) is 1. The molecular formula is C18H27NS. The van der Waals surface area contributed by atoms with Gasteiger partial charge in [-0.15, -0.1) is 11.3 Å². The van der Waals surface area contributed by atoms with E-state index in [2.05, 4.69) is 29.9 Å². The third kappa shape index (κ3) is 2.35. The Hall–Kier alpha value is -0.340. The van der Waals surface area contributed by atoms with Crippen molar-refractivity contribution in [2.75, 3.05) is 7.05 Å². The van der Waals surface area contributed by atoms with Crippen LogP contribution in [-0.4, -0.2) is 13.1 Å². The van der Waals surface area contributed by atoms with Crippen LogP contribution in [0.25, 0.3) is 0 Å². The van der Waals surface area contributed by atoms with Crippen molar-refractivity contribution in [3.8, 4) is 0 Å². The van der Waals surface area contributed by atoms with Gasteiger partial charge in [-0.1, -0.05) is 6.07 Å². The van der Waals surface area contributed by atoms with Crippen LogP contribution in [0.2, 0.25) is 0 Å². The number of aryl methyl sites for hydroxylation is 1. The zero-order valence-electron chi connectivity index (χ0n) is 12.6. The highest BCUT2D eigenvalue weighted by Gasteiger charge is 2.49. The Kier molecular flexibility index (Phi) is 3.64. The van der Waals surface area contributed by atoms with Gasteiger partial charge in [-0.2, -0.15) is 0 Å². The first-order chi connectivity index (χ1) is 9.83. The van der Waals surface area contributed by atoms with Crippen LogP contribution < -0.4 is 5.32 Å². The zero-order valence-corrected chi connectivity index (χ0v) is 13.4. The lowest BCUT2D eigenvalue weighted by atomic mass is 9.50. The molecule has 4 aliphatic rings. The van der Waals surface area contributed by atoms with E-state index in [0.717, 1.165) is 35.6 Å². The second-order valence-corrected chi connectivity index (χ2v) is 8.55. The molecule has 20 heavy (non-hydrogen) atoms. The van der Waals surface area contributed by atoms with E-state index >= 15 is 0 Å². The van der Waals surface area contributed by atoms with Crippen molar-refractivity contribution in [2.45, 2.75) is 51.0 Å². The van der Waals surface area contributed by atoms with Gasteiger partial charge in [0.1, 0.15) is 0 Å². The molecule has 0 radical (unpaired) electrons. The van der Waals surface area contributed by atoms with Crippen LogP contribution in [0, 0.1) is 29.6 Å². The van der Waals surface area contributed by atoms with Crippen LogP contribution in [-0.2, 0) is 6.42 Å². The summed E-state index contributed by atoms with van der Waals surface area (Å²) in [6.07, 6.45) is 10.4. The maximum absolute atomic E-state index is 3.70. The summed E-state index contributed by atoms with van der Waals surface area (Å²) in [5, 5.41) is 5.91. The molecule has 0 saturated heterocycles. The second-order valence-electron chi connectivity index (χ2n) is 7.52. The molecule has 5 rings (SSSR count). The lowest BCUT2D eigenvalue weighted by Gasteiger charge is -2.56. The number of rotatable bonds is 5. The average Bonchev–Trinajstić information content (AvgIpc) is 2.94. The molecule has 1 aromatic heterocycles. The normalized spacial score (nSPS) is 40.1. The van der Waals surface area contributed by atoms with Crippen molar-refractivity contribution < 1.29 is 0 Å². The highest BCUT2D eigenvalue weighted by Crippen LogP contribution is 2.57. The molecule has 1 nitrogen and oxygen atoms in total. The smallest absolute Gasteiger partial charge is 0.0101 e. The Morgan fingerprint density at radius 1 is 1.15 bits per heavy atom. The van der Waals surface area contributed by atoms with Crippen LogP contribution in [0.4, 0.5) is 0 Å². The largest absolute Gasteiger partial charge is 0.317 e. The summed E-state index contributed by atoms with van der Waals surface area (Å²) in [4.78, 5) is 1.56. The molecular weight excluding hydrogens is 262 g/mol. The van der Waals surface area contributed by atoms with E-state index in [9.17, 15) is 0 Å². The maximum Gasteiger partial charge on any atom is 0.0101 e. The second kappa shape index (κ2) is 5.46. The van der Waals surface area contributed by atoms with Gasteiger partial charge in [0.25, 0.3) is 0 Å². The Morgan fingerprint density at radius 3 is 2.40 bits per heavy atom. The molecule has 1 atom stereocenters. The number of nitrogens with one attached hydrogen (secondary N) is 1. The minimum Gasteiger partial charge on any atom is -0.317 e. The van der Waals surface area contributed by atoms with E-state index in [1.54, 1.807) is 37.0 Å². The lowest BCUT2D eigenvalue weighted by Crippen LogP contribution is -2.52. The van der Waals surface area contributed by atoms with Crippen molar-refractivity contribution in [1.82, 2.24) is 5.32 Å². The molecule has 1 aromatic rings. The lowest BCUT2D eigenvalue weighted by molar-refractivity contribution is -0.0518. The molecule has 110 valence electrons. The maximum atomic E-state index is 3.70. The Morgan fingerprint density at radius 2 is 1.85 bits per heavy atom. The van der Waals surface area contributed by atoms with Gasteiger partial charge in [0, 0.05) is 10.9 Å². The zero-order chi connectivity index (χ0) is 13.5.